The highest BCUT2D eigenvalue weighted by Gasteiger charge is 2.49. The van der Waals surface area contributed by atoms with Crippen LogP contribution in [0.25, 0.3) is 0 Å². The van der Waals surface area contributed by atoms with Crippen LogP contribution < -0.4 is 4.74 Å². The molecule has 5 rings (SSSR count). The molecule has 6 nitrogen and oxygen atoms in total. The molecule has 0 radical (unpaired) electrons. The zero-order valence-corrected chi connectivity index (χ0v) is 17.7. The van der Waals surface area contributed by atoms with E-state index in [-0.39, 0.29) is 16.1 Å². The van der Waals surface area contributed by atoms with Crippen LogP contribution in [-0.4, -0.2) is 68.7 Å². The van der Waals surface area contributed by atoms with Crippen LogP contribution in [0.2, 0.25) is 0 Å². The molecule has 3 atom stereocenters. The fourth-order valence-electron chi connectivity index (χ4n) is 5.93. The summed E-state index contributed by atoms with van der Waals surface area (Å²) in [5.41, 5.74) is 0.244. The van der Waals surface area contributed by atoms with E-state index in [0.717, 1.165) is 38.8 Å². The van der Waals surface area contributed by atoms with E-state index in [4.69, 9.17) is 4.74 Å². The molecule has 9 heteroatoms. The Morgan fingerprint density at radius 3 is 2.43 bits per heavy atom. The van der Waals surface area contributed by atoms with Gasteiger partial charge in [0.05, 0.1) is 17.6 Å². The van der Waals surface area contributed by atoms with Crippen LogP contribution in [0.3, 0.4) is 0 Å². The Bertz CT molecular complexity index is 871. The van der Waals surface area contributed by atoms with Crippen LogP contribution in [0.5, 0.6) is 5.75 Å². The van der Waals surface area contributed by atoms with E-state index in [1.807, 2.05) is 0 Å². The fourth-order valence-corrected chi connectivity index (χ4v) is 7.37. The predicted molar refractivity (Wildman–Crippen MR) is 106 cm³/mol. The summed E-state index contributed by atoms with van der Waals surface area (Å²) < 4.78 is 62.2. The lowest BCUT2D eigenvalue weighted by Gasteiger charge is -2.40. The van der Waals surface area contributed by atoms with Gasteiger partial charge in [-0.25, -0.2) is 8.42 Å². The van der Waals surface area contributed by atoms with Crippen LogP contribution in [0.4, 0.5) is 8.78 Å². The van der Waals surface area contributed by atoms with E-state index in [2.05, 4.69) is 9.64 Å². The Hall–Kier alpha value is -1.29. The SMILES string of the molecule is O=S(=O)(c1ccc(OC(F)F)cc1)N1CCC2(CCC(N3CC4C[C@H]3CO4)C2)CC1. The van der Waals surface area contributed by atoms with E-state index in [0.29, 0.717) is 31.3 Å². The third-order valence-corrected chi connectivity index (χ3v) is 9.47. The number of halogens is 2. The maximum Gasteiger partial charge on any atom is 0.387 e. The number of hydrogen-bond donors (Lipinski definition) is 0. The number of rotatable bonds is 5. The highest BCUT2D eigenvalue weighted by Crippen LogP contribution is 2.50. The monoisotopic (exact) mass is 442 g/mol. The summed E-state index contributed by atoms with van der Waals surface area (Å²) in [5, 5.41) is 0. The number of benzene rings is 1. The average molecular weight is 443 g/mol. The first kappa shape index (κ1) is 20.6. The van der Waals surface area contributed by atoms with Gasteiger partial charge in [-0.15, -0.1) is 0 Å². The summed E-state index contributed by atoms with van der Waals surface area (Å²) in [6.07, 6.45) is 6.86. The maximum atomic E-state index is 13.0. The Morgan fingerprint density at radius 2 is 1.83 bits per heavy atom. The Labute approximate surface area is 176 Å². The molecule has 1 saturated carbocycles. The molecule has 3 saturated heterocycles. The van der Waals surface area contributed by atoms with Gasteiger partial charge in [-0.05, 0) is 68.2 Å². The number of morpholine rings is 1. The van der Waals surface area contributed by atoms with Crippen molar-refractivity contribution in [2.75, 3.05) is 26.2 Å². The Kier molecular flexibility index (Phi) is 5.28. The number of sulfonamides is 1. The molecule has 1 aromatic carbocycles. The van der Waals surface area contributed by atoms with Crippen molar-refractivity contribution in [1.82, 2.24) is 9.21 Å². The van der Waals surface area contributed by atoms with E-state index in [1.54, 1.807) is 4.31 Å². The van der Waals surface area contributed by atoms with Gasteiger partial charge in [0.1, 0.15) is 5.75 Å². The zero-order chi connectivity index (χ0) is 20.9. The summed E-state index contributed by atoms with van der Waals surface area (Å²) in [6.45, 7) is 0.0154. The second-order valence-corrected chi connectivity index (χ2v) is 11.1. The molecule has 3 aliphatic heterocycles. The summed E-state index contributed by atoms with van der Waals surface area (Å²) in [4.78, 5) is 2.77. The van der Waals surface area contributed by atoms with E-state index in [1.165, 1.54) is 37.1 Å². The minimum absolute atomic E-state index is 0.0421. The predicted octanol–water partition coefficient (Wildman–Crippen LogP) is 3.08. The Balaban J connectivity index is 1.20. The number of alkyl halides is 2. The van der Waals surface area contributed by atoms with Gasteiger partial charge in [-0.1, -0.05) is 0 Å². The van der Waals surface area contributed by atoms with Crippen molar-refractivity contribution in [1.29, 1.82) is 0 Å². The van der Waals surface area contributed by atoms with Crippen molar-refractivity contribution >= 4 is 10.0 Å². The summed E-state index contributed by atoms with van der Waals surface area (Å²) >= 11 is 0. The number of nitrogens with zero attached hydrogens (tertiary/aromatic N) is 2. The number of ether oxygens (including phenoxy) is 2. The molecular formula is C21H28F2N2O4S. The summed E-state index contributed by atoms with van der Waals surface area (Å²) in [6, 6.07) is 6.42. The van der Waals surface area contributed by atoms with Crippen LogP contribution >= 0.6 is 0 Å². The Morgan fingerprint density at radius 1 is 1.10 bits per heavy atom. The van der Waals surface area contributed by atoms with Crippen molar-refractivity contribution in [3.63, 3.8) is 0 Å². The lowest BCUT2D eigenvalue weighted by atomic mass is 9.77. The molecular weight excluding hydrogens is 414 g/mol. The average Bonchev–Trinajstić information content (AvgIpc) is 3.44. The molecule has 0 amide bonds. The van der Waals surface area contributed by atoms with Gasteiger partial charge < -0.3 is 9.47 Å². The van der Waals surface area contributed by atoms with Crippen LogP contribution in [0, 0.1) is 5.41 Å². The summed E-state index contributed by atoms with van der Waals surface area (Å²) in [5.74, 6) is -0.0421. The van der Waals surface area contributed by atoms with Crippen molar-refractivity contribution in [2.45, 2.75) is 68.2 Å². The van der Waals surface area contributed by atoms with Gasteiger partial charge >= 0.3 is 6.61 Å². The molecule has 2 unspecified atom stereocenters. The molecule has 1 spiro atoms. The first-order valence-electron chi connectivity index (χ1n) is 10.8. The van der Waals surface area contributed by atoms with E-state index >= 15 is 0 Å². The van der Waals surface area contributed by atoms with E-state index in [9.17, 15) is 17.2 Å². The van der Waals surface area contributed by atoms with Crippen molar-refractivity contribution in [2.24, 2.45) is 5.41 Å². The van der Waals surface area contributed by atoms with Crippen molar-refractivity contribution in [3.05, 3.63) is 24.3 Å². The molecule has 30 heavy (non-hydrogen) atoms. The smallest absolute Gasteiger partial charge is 0.387 e. The zero-order valence-electron chi connectivity index (χ0n) is 16.9. The maximum absolute atomic E-state index is 13.0. The molecule has 4 aliphatic rings. The number of fused-ring (bicyclic) bond motifs is 2. The number of hydrogen-bond acceptors (Lipinski definition) is 5. The molecule has 2 bridgehead atoms. The van der Waals surface area contributed by atoms with Gasteiger partial charge in [0.25, 0.3) is 0 Å². The highest BCUT2D eigenvalue weighted by atomic mass is 32.2. The van der Waals surface area contributed by atoms with Gasteiger partial charge in [0, 0.05) is 31.7 Å². The topological polar surface area (TPSA) is 59.1 Å². The molecule has 4 fully saturated rings. The van der Waals surface area contributed by atoms with Crippen molar-refractivity contribution < 1.29 is 26.7 Å². The number of likely N-dealkylation sites (tertiary alicyclic amines) is 1. The molecule has 0 N–H and O–H groups in total. The molecule has 1 aromatic rings. The van der Waals surface area contributed by atoms with Gasteiger partial charge in [0.15, 0.2) is 0 Å². The second kappa shape index (κ2) is 7.69. The molecule has 1 aliphatic carbocycles. The lowest BCUT2D eigenvalue weighted by molar-refractivity contribution is -0.0498. The third-order valence-electron chi connectivity index (χ3n) is 7.56. The normalized spacial score (nSPS) is 31.8. The molecule has 3 heterocycles. The first-order chi connectivity index (χ1) is 14.3. The second-order valence-electron chi connectivity index (χ2n) is 9.19. The summed E-state index contributed by atoms with van der Waals surface area (Å²) in [7, 11) is -3.63. The molecule has 0 aromatic heterocycles. The van der Waals surface area contributed by atoms with Crippen LogP contribution in [0.15, 0.2) is 29.2 Å². The fraction of sp³-hybridized carbons (Fsp3) is 0.714. The van der Waals surface area contributed by atoms with Gasteiger partial charge in [0.2, 0.25) is 10.0 Å². The largest absolute Gasteiger partial charge is 0.435 e. The quantitative estimate of drug-likeness (QED) is 0.702. The lowest BCUT2D eigenvalue weighted by Crippen LogP contribution is -2.45. The standard InChI is InChI=1S/C21H28F2N2O4S/c22-20(23)29-17-1-3-19(4-2-17)30(26,27)24-9-7-21(8-10-24)6-5-15(12-21)25-13-18-11-16(25)14-28-18/h1-4,15-16,18,20H,5-14H2/t15?,16-,18?/m0/s1. The number of piperidine rings is 1. The minimum Gasteiger partial charge on any atom is -0.435 e. The van der Waals surface area contributed by atoms with Gasteiger partial charge in [-0.2, -0.15) is 13.1 Å². The highest BCUT2D eigenvalue weighted by molar-refractivity contribution is 7.89. The molecule has 166 valence electrons. The van der Waals surface area contributed by atoms with E-state index < -0.39 is 16.6 Å². The first-order valence-corrected chi connectivity index (χ1v) is 12.2. The van der Waals surface area contributed by atoms with Crippen LogP contribution in [0.1, 0.15) is 38.5 Å². The van der Waals surface area contributed by atoms with Crippen molar-refractivity contribution in [3.8, 4) is 5.75 Å². The van der Waals surface area contributed by atoms with Crippen LogP contribution in [-0.2, 0) is 14.8 Å². The van der Waals surface area contributed by atoms with Gasteiger partial charge in [-0.3, -0.25) is 4.90 Å². The third kappa shape index (κ3) is 3.74. The minimum atomic E-state index is -3.63.